The van der Waals surface area contributed by atoms with Crippen LogP contribution in [-0.2, 0) is 15.0 Å². The fourth-order valence-corrected chi connectivity index (χ4v) is 2.19. The summed E-state index contributed by atoms with van der Waals surface area (Å²) < 4.78 is 27.1. The summed E-state index contributed by atoms with van der Waals surface area (Å²) in [5.41, 5.74) is -0.267. The lowest BCUT2D eigenvalue weighted by atomic mass is 9.96. The van der Waals surface area contributed by atoms with Crippen molar-refractivity contribution in [3.05, 3.63) is 30.3 Å². The van der Waals surface area contributed by atoms with Crippen molar-refractivity contribution in [1.82, 2.24) is 4.72 Å². The lowest BCUT2D eigenvalue weighted by Crippen LogP contribution is -2.45. The second kappa shape index (κ2) is 4.97. The molecule has 0 fully saturated rings. The summed E-state index contributed by atoms with van der Waals surface area (Å²) in [5.74, 6) is -0.537. The van der Waals surface area contributed by atoms with E-state index in [1.165, 1.54) is 7.05 Å². The largest absolute Gasteiger partial charge is 0.325 e. The molecular formula is C12H18N2O3S. The van der Waals surface area contributed by atoms with Gasteiger partial charge in [-0.2, -0.15) is 8.42 Å². The molecule has 0 radical (unpaired) electrons. The molecule has 0 atom stereocenters. The van der Waals surface area contributed by atoms with Gasteiger partial charge in [-0.05, 0) is 12.1 Å². The minimum Gasteiger partial charge on any atom is -0.273 e. The Morgan fingerprint density at radius 2 is 1.67 bits per heavy atom. The highest BCUT2D eigenvalue weighted by molar-refractivity contribution is 7.91. The lowest BCUT2D eigenvalue weighted by molar-refractivity contribution is -0.126. The number of benzene rings is 1. The maximum Gasteiger partial charge on any atom is 0.325 e. The fourth-order valence-electron chi connectivity index (χ4n) is 1.12. The molecule has 0 heterocycles. The molecule has 1 rings (SSSR count). The number of nitrogens with zero attached hydrogens (tertiary/aromatic N) is 1. The third-order valence-corrected chi connectivity index (χ3v) is 3.76. The number of rotatable bonds is 3. The second-order valence-corrected chi connectivity index (χ2v) is 6.69. The molecule has 0 aromatic heterocycles. The zero-order valence-electron chi connectivity index (χ0n) is 11.0. The van der Waals surface area contributed by atoms with Crippen molar-refractivity contribution < 1.29 is 13.2 Å². The first kappa shape index (κ1) is 14.5. The van der Waals surface area contributed by atoms with Gasteiger partial charge in [0, 0.05) is 12.5 Å². The van der Waals surface area contributed by atoms with Crippen LogP contribution in [-0.4, -0.2) is 21.4 Å². The monoisotopic (exact) mass is 270 g/mol. The maximum atomic E-state index is 12.0. The SMILES string of the molecule is CN(c1ccccc1)S(=O)(=O)NC(=O)C(C)(C)C. The van der Waals surface area contributed by atoms with Gasteiger partial charge in [0.25, 0.3) is 0 Å². The van der Waals surface area contributed by atoms with Gasteiger partial charge in [-0.3, -0.25) is 9.10 Å². The van der Waals surface area contributed by atoms with Gasteiger partial charge in [0.1, 0.15) is 0 Å². The van der Waals surface area contributed by atoms with Crippen LogP contribution in [0.5, 0.6) is 0 Å². The van der Waals surface area contributed by atoms with E-state index in [9.17, 15) is 13.2 Å². The predicted molar refractivity (Wildman–Crippen MR) is 71.4 cm³/mol. The average molecular weight is 270 g/mol. The Morgan fingerprint density at radius 3 is 2.11 bits per heavy atom. The van der Waals surface area contributed by atoms with E-state index < -0.39 is 21.5 Å². The van der Waals surface area contributed by atoms with Crippen molar-refractivity contribution in [3.8, 4) is 0 Å². The molecule has 1 aromatic rings. The van der Waals surface area contributed by atoms with Crippen molar-refractivity contribution in [3.63, 3.8) is 0 Å². The van der Waals surface area contributed by atoms with E-state index in [1.54, 1.807) is 51.1 Å². The summed E-state index contributed by atoms with van der Waals surface area (Å²) in [6.07, 6.45) is 0. The number of hydrogen-bond donors (Lipinski definition) is 1. The summed E-state index contributed by atoms with van der Waals surface area (Å²) >= 11 is 0. The van der Waals surface area contributed by atoms with E-state index in [1.807, 2.05) is 0 Å². The zero-order valence-corrected chi connectivity index (χ0v) is 11.8. The van der Waals surface area contributed by atoms with Crippen molar-refractivity contribution in [2.45, 2.75) is 20.8 Å². The number of carbonyl (C=O) groups excluding carboxylic acids is 1. The summed E-state index contributed by atoms with van der Waals surface area (Å²) in [4.78, 5) is 11.7. The smallest absolute Gasteiger partial charge is 0.273 e. The van der Waals surface area contributed by atoms with Crippen molar-refractivity contribution >= 4 is 21.8 Å². The second-order valence-electron chi connectivity index (χ2n) is 4.99. The quantitative estimate of drug-likeness (QED) is 0.905. The molecule has 0 spiro atoms. The molecule has 100 valence electrons. The first-order valence-electron chi connectivity index (χ1n) is 5.51. The van der Waals surface area contributed by atoms with Crippen molar-refractivity contribution in [2.24, 2.45) is 5.41 Å². The van der Waals surface area contributed by atoms with Gasteiger partial charge in [-0.15, -0.1) is 0 Å². The van der Waals surface area contributed by atoms with E-state index >= 15 is 0 Å². The van der Waals surface area contributed by atoms with E-state index in [2.05, 4.69) is 4.72 Å². The molecule has 0 unspecified atom stereocenters. The average Bonchev–Trinajstić information content (AvgIpc) is 2.27. The van der Waals surface area contributed by atoms with Crippen LogP contribution < -0.4 is 9.03 Å². The van der Waals surface area contributed by atoms with Gasteiger partial charge in [0.2, 0.25) is 5.91 Å². The molecule has 0 bridgehead atoms. The van der Waals surface area contributed by atoms with Crippen LogP contribution in [0.4, 0.5) is 5.69 Å². The molecule has 1 amide bonds. The van der Waals surface area contributed by atoms with Crippen LogP contribution in [0, 0.1) is 5.41 Å². The number of carbonyl (C=O) groups is 1. The summed E-state index contributed by atoms with van der Waals surface area (Å²) in [7, 11) is -2.47. The molecule has 0 saturated carbocycles. The topological polar surface area (TPSA) is 66.5 Å². The van der Waals surface area contributed by atoms with Crippen LogP contribution in [0.25, 0.3) is 0 Å². The highest BCUT2D eigenvalue weighted by atomic mass is 32.2. The third-order valence-electron chi connectivity index (χ3n) is 2.38. The molecule has 18 heavy (non-hydrogen) atoms. The third kappa shape index (κ3) is 3.46. The Morgan fingerprint density at radius 1 is 1.17 bits per heavy atom. The predicted octanol–water partition coefficient (Wildman–Crippen LogP) is 1.53. The zero-order chi connectivity index (χ0) is 14.0. The van der Waals surface area contributed by atoms with Gasteiger partial charge in [0.15, 0.2) is 0 Å². The molecular weight excluding hydrogens is 252 g/mol. The van der Waals surface area contributed by atoms with Crippen molar-refractivity contribution in [1.29, 1.82) is 0 Å². The Bertz CT molecular complexity index is 518. The Balaban J connectivity index is 2.92. The highest BCUT2D eigenvalue weighted by Crippen LogP contribution is 2.17. The van der Waals surface area contributed by atoms with Gasteiger partial charge < -0.3 is 0 Å². The van der Waals surface area contributed by atoms with Gasteiger partial charge in [-0.25, -0.2) is 4.72 Å². The van der Waals surface area contributed by atoms with Crippen LogP contribution in [0.2, 0.25) is 0 Å². The Hall–Kier alpha value is -1.56. The van der Waals surface area contributed by atoms with Gasteiger partial charge in [0.05, 0.1) is 5.69 Å². The van der Waals surface area contributed by atoms with Crippen LogP contribution in [0.1, 0.15) is 20.8 Å². The maximum absolute atomic E-state index is 12.0. The van der Waals surface area contributed by atoms with E-state index in [0.717, 1.165) is 4.31 Å². The first-order chi connectivity index (χ1) is 8.14. The van der Waals surface area contributed by atoms with Crippen molar-refractivity contribution in [2.75, 3.05) is 11.4 Å². The Labute approximate surface area is 108 Å². The molecule has 0 aliphatic heterocycles. The highest BCUT2D eigenvalue weighted by Gasteiger charge is 2.28. The summed E-state index contributed by atoms with van der Waals surface area (Å²) in [6.45, 7) is 4.96. The fraction of sp³-hybridized carbons (Fsp3) is 0.417. The van der Waals surface area contributed by atoms with E-state index in [-0.39, 0.29) is 0 Å². The number of hydrogen-bond acceptors (Lipinski definition) is 3. The van der Waals surface area contributed by atoms with E-state index in [0.29, 0.717) is 5.69 Å². The standard InChI is InChI=1S/C12H18N2O3S/c1-12(2,3)11(15)13-18(16,17)14(4)10-8-6-5-7-9-10/h5-9H,1-4H3,(H,13,15). The van der Waals surface area contributed by atoms with Crippen LogP contribution in [0.3, 0.4) is 0 Å². The summed E-state index contributed by atoms with van der Waals surface area (Å²) in [5, 5.41) is 0. The Kier molecular flexibility index (Phi) is 4.01. The van der Waals surface area contributed by atoms with Crippen LogP contribution in [0.15, 0.2) is 30.3 Å². The van der Waals surface area contributed by atoms with E-state index in [4.69, 9.17) is 0 Å². The molecule has 0 aliphatic rings. The number of amides is 1. The summed E-state index contributed by atoms with van der Waals surface area (Å²) in [6, 6.07) is 8.55. The number of para-hydroxylation sites is 1. The minimum atomic E-state index is -3.86. The lowest BCUT2D eigenvalue weighted by Gasteiger charge is -2.23. The minimum absolute atomic E-state index is 0.492. The first-order valence-corrected chi connectivity index (χ1v) is 6.95. The molecule has 1 N–H and O–H groups in total. The van der Waals surface area contributed by atoms with Crippen LogP contribution >= 0.6 is 0 Å². The van der Waals surface area contributed by atoms with Gasteiger partial charge >= 0.3 is 10.2 Å². The van der Waals surface area contributed by atoms with Gasteiger partial charge in [-0.1, -0.05) is 39.0 Å². The molecule has 0 aliphatic carbocycles. The number of anilines is 1. The number of nitrogens with one attached hydrogen (secondary N) is 1. The molecule has 6 heteroatoms. The molecule has 5 nitrogen and oxygen atoms in total. The normalized spacial score (nSPS) is 12.0. The molecule has 1 aromatic carbocycles. The molecule has 0 saturated heterocycles.